The third-order valence-corrected chi connectivity index (χ3v) is 3.04. The molecule has 0 saturated heterocycles. The van der Waals surface area contributed by atoms with Crippen molar-refractivity contribution in [2.75, 3.05) is 7.11 Å². The Balaban J connectivity index is 3.05. The van der Waals surface area contributed by atoms with Gasteiger partial charge >= 0.3 is 5.97 Å². The van der Waals surface area contributed by atoms with Gasteiger partial charge in [0.05, 0.1) is 7.11 Å². The van der Waals surface area contributed by atoms with Crippen LogP contribution in [0.2, 0.25) is 0 Å². The zero-order valence-corrected chi connectivity index (χ0v) is 10.5. The molecule has 1 aliphatic carbocycles. The first-order valence-electron chi connectivity index (χ1n) is 5.60. The van der Waals surface area contributed by atoms with Gasteiger partial charge in [0.15, 0.2) is 0 Å². The fraction of sp³-hybridized carbons (Fsp3) is 0.692. The van der Waals surface area contributed by atoms with Crippen LogP contribution in [-0.2, 0) is 9.53 Å². The van der Waals surface area contributed by atoms with Crippen LogP contribution in [0.3, 0.4) is 0 Å². The van der Waals surface area contributed by atoms with Gasteiger partial charge in [0.25, 0.3) is 0 Å². The number of hydrogen-bond acceptors (Lipinski definition) is 3. The van der Waals surface area contributed by atoms with E-state index in [4.69, 9.17) is 5.26 Å². The van der Waals surface area contributed by atoms with Crippen molar-refractivity contribution in [3.8, 4) is 6.07 Å². The number of esters is 1. The fourth-order valence-electron chi connectivity index (χ4n) is 2.72. The van der Waals surface area contributed by atoms with E-state index in [9.17, 15) is 4.79 Å². The molecule has 0 unspecified atom stereocenters. The molecule has 0 bridgehead atoms. The second kappa shape index (κ2) is 4.69. The Morgan fingerprint density at radius 2 is 2.19 bits per heavy atom. The van der Waals surface area contributed by atoms with E-state index < -0.39 is 5.97 Å². The van der Waals surface area contributed by atoms with Crippen molar-refractivity contribution in [2.24, 2.45) is 11.3 Å². The van der Waals surface area contributed by atoms with Crippen LogP contribution in [0.1, 0.15) is 40.0 Å². The molecular weight excluding hydrogens is 202 g/mol. The topological polar surface area (TPSA) is 50.1 Å². The molecule has 0 aromatic rings. The van der Waals surface area contributed by atoms with Gasteiger partial charge < -0.3 is 4.74 Å². The van der Waals surface area contributed by atoms with E-state index in [0.717, 1.165) is 24.8 Å². The van der Waals surface area contributed by atoms with E-state index >= 15 is 0 Å². The molecule has 0 spiro atoms. The Labute approximate surface area is 97.1 Å². The molecular formula is C13H19NO2. The minimum Gasteiger partial charge on any atom is -0.465 e. The van der Waals surface area contributed by atoms with Gasteiger partial charge in [0.2, 0.25) is 0 Å². The van der Waals surface area contributed by atoms with Crippen molar-refractivity contribution >= 4 is 5.97 Å². The predicted molar refractivity (Wildman–Crippen MR) is 61.5 cm³/mol. The number of nitrogens with zero attached hydrogens (tertiary/aromatic N) is 1. The lowest BCUT2D eigenvalue weighted by molar-refractivity contribution is -0.135. The normalized spacial score (nSPS) is 26.8. The molecule has 1 saturated carbocycles. The standard InChI is InChI=1S/C13H19NO2/c1-9-5-10(7-13(2,3)6-9)11(8-14)12(15)16-4/h9H,5-7H2,1-4H3/b11-10-/t9-/m1/s1. The summed E-state index contributed by atoms with van der Waals surface area (Å²) in [4.78, 5) is 11.5. The predicted octanol–water partition coefficient (Wildman–Crippen LogP) is 2.83. The van der Waals surface area contributed by atoms with E-state index in [0.29, 0.717) is 5.92 Å². The Kier molecular flexibility index (Phi) is 3.74. The fourth-order valence-corrected chi connectivity index (χ4v) is 2.72. The van der Waals surface area contributed by atoms with Crippen LogP contribution in [-0.4, -0.2) is 13.1 Å². The van der Waals surface area contributed by atoms with Gasteiger partial charge in [-0.2, -0.15) is 5.26 Å². The maximum Gasteiger partial charge on any atom is 0.348 e. The van der Waals surface area contributed by atoms with Gasteiger partial charge in [-0.15, -0.1) is 0 Å². The summed E-state index contributed by atoms with van der Waals surface area (Å²) in [6, 6.07) is 1.99. The molecule has 1 rings (SSSR count). The maximum atomic E-state index is 11.5. The molecule has 1 aliphatic rings. The van der Waals surface area contributed by atoms with Crippen LogP contribution in [0.15, 0.2) is 11.1 Å². The quantitative estimate of drug-likeness (QED) is 0.388. The number of nitriles is 1. The number of rotatable bonds is 1. The molecule has 0 aliphatic heterocycles. The first-order chi connectivity index (χ1) is 7.39. The average Bonchev–Trinajstić information content (AvgIpc) is 2.15. The third-order valence-electron chi connectivity index (χ3n) is 3.04. The number of allylic oxidation sites excluding steroid dienone is 1. The van der Waals surface area contributed by atoms with Crippen LogP contribution in [0.5, 0.6) is 0 Å². The van der Waals surface area contributed by atoms with E-state index in [1.807, 2.05) is 6.07 Å². The number of ether oxygens (including phenoxy) is 1. The summed E-state index contributed by atoms with van der Waals surface area (Å²) < 4.78 is 4.64. The summed E-state index contributed by atoms with van der Waals surface area (Å²) in [5, 5.41) is 9.03. The Hall–Kier alpha value is -1.30. The van der Waals surface area contributed by atoms with Crippen molar-refractivity contribution in [3.05, 3.63) is 11.1 Å². The summed E-state index contributed by atoms with van der Waals surface area (Å²) in [6.07, 6.45) is 2.78. The van der Waals surface area contributed by atoms with Gasteiger partial charge in [-0.3, -0.25) is 0 Å². The lowest BCUT2D eigenvalue weighted by atomic mass is 9.69. The highest BCUT2D eigenvalue weighted by Gasteiger charge is 2.31. The van der Waals surface area contributed by atoms with Gasteiger partial charge in [-0.05, 0) is 36.2 Å². The molecule has 1 fully saturated rings. The molecule has 3 heteroatoms. The number of carbonyl (C=O) groups excluding carboxylic acids is 1. The molecule has 88 valence electrons. The van der Waals surface area contributed by atoms with Crippen molar-refractivity contribution in [3.63, 3.8) is 0 Å². The lowest BCUT2D eigenvalue weighted by Gasteiger charge is -2.35. The van der Waals surface area contributed by atoms with Crippen LogP contribution >= 0.6 is 0 Å². The second-order valence-corrected chi connectivity index (χ2v) is 5.44. The summed E-state index contributed by atoms with van der Waals surface area (Å²) in [5.41, 5.74) is 1.34. The van der Waals surface area contributed by atoms with Crippen LogP contribution in [0, 0.1) is 22.7 Å². The van der Waals surface area contributed by atoms with E-state index in [-0.39, 0.29) is 11.0 Å². The number of methoxy groups -OCH3 is 1. The van der Waals surface area contributed by atoms with Gasteiger partial charge in [-0.1, -0.05) is 20.8 Å². The third kappa shape index (κ3) is 2.85. The Morgan fingerprint density at radius 1 is 1.56 bits per heavy atom. The SMILES string of the molecule is COC(=O)/C(C#N)=C1/C[C@@H](C)CC(C)(C)C1. The molecule has 0 heterocycles. The maximum absolute atomic E-state index is 11.5. The highest BCUT2D eigenvalue weighted by Crippen LogP contribution is 2.42. The molecule has 16 heavy (non-hydrogen) atoms. The molecule has 3 nitrogen and oxygen atoms in total. The van der Waals surface area contributed by atoms with Crippen molar-refractivity contribution in [1.29, 1.82) is 5.26 Å². The highest BCUT2D eigenvalue weighted by atomic mass is 16.5. The van der Waals surface area contributed by atoms with Crippen LogP contribution in [0.25, 0.3) is 0 Å². The average molecular weight is 221 g/mol. The first kappa shape index (κ1) is 12.8. The Bertz CT molecular complexity index is 361. The van der Waals surface area contributed by atoms with Crippen molar-refractivity contribution < 1.29 is 9.53 Å². The van der Waals surface area contributed by atoms with E-state index in [2.05, 4.69) is 25.5 Å². The van der Waals surface area contributed by atoms with Crippen molar-refractivity contribution in [1.82, 2.24) is 0 Å². The summed E-state index contributed by atoms with van der Waals surface area (Å²) in [6.45, 7) is 6.51. The minimum atomic E-state index is -0.498. The molecule has 0 N–H and O–H groups in total. The summed E-state index contributed by atoms with van der Waals surface area (Å²) in [7, 11) is 1.32. The second-order valence-electron chi connectivity index (χ2n) is 5.44. The molecule has 1 atom stereocenters. The van der Waals surface area contributed by atoms with Gasteiger partial charge in [0, 0.05) is 0 Å². The lowest BCUT2D eigenvalue weighted by Crippen LogP contribution is -2.24. The van der Waals surface area contributed by atoms with Crippen molar-refractivity contribution in [2.45, 2.75) is 40.0 Å². The van der Waals surface area contributed by atoms with Gasteiger partial charge in [0.1, 0.15) is 11.6 Å². The van der Waals surface area contributed by atoms with Crippen LogP contribution < -0.4 is 0 Å². The highest BCUT2D eigenvalue weighted by molar-refractivity contribution is 5.93. The summed E-state index contributed by atoms with van der Waals surface area (Å²) >= 11 is 0. The molecule has 0 aromatic heterocycles. The minimum absolute atomic E-state index is 0.170. The first-order valence-corrected chi connectivity index (χ1v) is 5.60. The zero-order chi connectivity index (χ0) is 12.3. The smallest absolute Gasteiger partial charge is 0.348 e. The summed E-state index contributed by atoms with van der Waals surface area (Å²) in [5.74, 6) is 0.0224. The zero-order valence-electron chi connectivity index (χ0n) is 10.5. The molecule has 0 radical (unpaired) electrons. The van der Waals surface area contributed by atoms with Gasteiger partial charge in [-0.25, -0.2) is 4.79 Å². The van der Waals surface area contributed by atoms with Crippen LogP contribution in [0.4, 0.5) is 0 Å². The monoisotopic (exact) mass is 221 g/mol. The van der Waals surface area contributed by atoms with E-state index in [1.54, 1.807) is 0 Å². The number of hydrogen-bond donors (Lipinski definition) is 0. The van der Waals surface area contributed by atoms with E-state index in [1.165, 1.54) is 7.11 Å². The Morgan fingerprint density at radius 3 is 2.62 bits per heavy atom. The largest absolute Gasteiger partial charge is 0.465 e. The molecule has 0 amide bonds. The molecule has 0 aromatic carbocycles. The number of carbonyl (C=O) groups is 1.